The van der Waals surface area contributed by atoms with Crippen molar-refractivity contribution in [3.05, 3.63) is 161 Å². The van der Waals surface area contributed by atoms with Crippen LogP contribution in [-0.2, 0) is 32.6 Å². The van der Waals surface area contributed by atoms with Gasteiger partial charge in [0.2, 0.25) is 10.0 Å². The highest BCUT2D eigenvalue weighted by Gasteiger charge is 2.42. The molecular weight excluding hydrogens is 605 g/mol. The Hall–Kier alpha value is -3.83. The molecule has 0 radical (unpaired) electrons. The monoisotopic (exact) mass is 638 g/mol. The van der Waals surface area contributed by atoms with Gasteiger partial charge in [0.1, 0.15) is 0 Å². The van der Waals surface area contributed by atoms with Crippen molar-refractivity contribution in [1.29, 1.82) is 0 Å². The molecule has 2 heterocycles. The highest BCUT2D eigenvalue weighted by atomic mass is 32.2. The van der Waals surface area contributed by atoms with Gasteiger partial charge in [0.25, 0.3) is 0 Å². The van der Waals surface area contributed by atoms with E-state index >= 15 is 0 Å². The zero-order chi connectivity index (χ0) is 31.1. The van der Waals surface area contributed by atoms with Crippen molar-refractivity contribution >= 4 is 21.8 Å². The van der Waals surface area contributed by atoms with Crippen LogP contribution < -0.4 is 4.72 Å². The van der Waals surface area contributed by atoms with E-state index in [9.17, 15) is 13.5 Å². The van der Waals surface area contributed by atoms with Crippen molar-refractivity contribution in [1.82, 2.24) is 9.71 Å². The number of hydrogen-bond donors (Lipinski definition) is 2. The van der Waals surface area contributed by atoms with Crippen LogP contribution in [0, 0.1) is 0 Å². The van der Waals surface area contributed by atoms with E-state index < -0.39 is 16.3 Å². The molecule has 1 aliphatic rings. The van der Waals surface area contributed by atoms with Gasteiger partial charge in [-0.05, 0) is 46.5 Å². The van der Waals surface area contributed by atoms with Crippen LogP contribution in [0.5, 0.6) is 0 Å². The molecule has 230 valence electrons. The second-order valence-electron chi connectivity index (χ2n) is 10.8. The van der Waals surface area contributed by atoms with Crippen molar-refractivity contribution in [3.8, 4) is 0 Å². The summed E-state index contributed by atoms with van der Waals surface area (Å²) in [4.78, 5) is 4.73. The van der Waals surface area contributed by atoms with Gasteiger partial charge in [-0.1, -0.05) is 103 Å². The first kappa shape index (κ1) is 31.2. The third-order valence-corrected chi connectivity index (χ3v) is 10.2. The fourth-order valence-electron chi connectivity index (χ4n) is 5.41. The maximum atomic E-state index is 12.7. The van der Waals surface area contributed by atoms with Crippen LogP contribution in [0.3, 0.4) is 0 Å². The second kappa shape index (κ2) is 14.5. The second-order valence-corrected chi connectivity index (χ2v) is 13.6. The fourth-order valence-corrected chi connectivity index (χ4v) is 7.38. The first-order valence-corrected chi connectivity index (χ1v) is 17.2. The highest BCUT2D eigenvalue weighted by molar-refractivity contribution is 7.99. The lowest BCUT2D eigenvalue weighted by atomic mass is 9.84. The van der Waals surface area contributed by atoms with Crippen molar-refractivity contribution in [2.24, 2.45) is 0 Å². The Balaban J connectivity index is 1.27. The number of aliphatic hydroxyl groups excluding tert-OH is 1. The molecule has 0 saturated carbocycles. The van der Waals surface area contributed by atoms with Crippen LogP contribution in [0.2, 0.25) is 0 Å². The predicted octanol–water partition coefficient (Wildman–Crippen LogP) is 6.78. The Bertz CT molecular complexity index is 1760. The van der Waals surface area contributed by atoms with Gasteiger partial charge >= 0.3 is 0 Å². The lowest BCUT2D eigenvalue weighted by Crippen LogP contribution is -2.38. The SMILES string of the molecule is O=S(=O)(NCc1ccc(C2O[C@H](CSc3ccccn3)[C@@H](c3ccccc3)[C@H](c3ccc(CO)cc3)O2)cc1)c1ccccc1. The number of aliphatic hydroxyl groups is 1. The maximum absolute atomic E-state index is 12.7. The molecule has 0 spiro atoms. The summed E-state index contributed by atoms with van der Waals surface area (Å²) >= 11 is 1.65. The highest BCUT2D eigenvalue weighted by Crippen LogP contribution is 2.48. The van der Waals surface area contributed by atoms with E-state index in [1.807, 2.05) is 84.9 Å². The van der Waals surface area contributed by atoms with Gasteiger partial charge in [0.15, 0.2) is 6.29 Å². The number of pyridine rings is 1. The number of rotatable bonds is 11. The van der Waals surface area contributed by atoms with E-state index in [1.165, 1.54) is 0 Å². The van der Waals surface area contributed by atoms with Crippen molar-refractivity contribution in [2.75, 3.05) is 5.75 Å². The summed E-state index contributed by atoms with van der Waals surface area (Å²) in [5, 5.41) is 10.6. The minimum Gasteiger partial charge on any atom is -0.392 e. The van der Waals surface area contributed by atoms with Gasteiger partial charge < -0.3 is 14.6 Å². The summed E-state index contributed by atoms with van der Waals surface area (Å²) in [5.41, 5.74) is 4.59. The Morgan fingerprint density at radius 1 is 0.711 bits per heavy atom. The van der Waals surface area contributed by atoms with Crippen LogP contribution in [0.1, 0.15) is 46.1 Å². The molecule has 1 unspecified atom stereocenters. The van der Waals surface area contributed by atoms with Crippen molar-refractivity contribution < 1.29 is 23.0 Å². The number of benzene rings is 4. The molecule has 0 aliphatic carbocycles. The number of hydrogen-bond acceptors (Lipinski definition) is 7. The summed E-state index contributed by atoms with van der Waals surface area (Å²) in [6.07, 6.45) is 0.581. The molecule has 5 aromatic rings. The first-order valence-electron chi connectivity index (χ1n) is 14.7. The molecule has 4 aromatic carbocycles. The summed E-state index contributed by atoms with van der Waals surface area (Å²) in [7, 11) is -3.62. The smallest absolute Gasteiger partial charge is 0.240 e. The molecule has 7 nitrogen and oxygen atoms in total. The van der Waals surface area contributed by atoms with Gasteiger partial charge in [0.05, 0.1) is 28.7 Å². The topological polar surface area (TPSA) is 97.8 Å². The van der Waals surface area contributed by atoms with Crippen LogP contribution in [0.25, 0.3) is 0 Å². The molecule has 4 atom stereocenters. The van der Waals surface area contributed by atoms with Gasteiger partial charge in [0, 0.05) is 30.0 Å². The minimum atomic E-state index is -3.62. The summed E-state index contributed by atoms with van der Waals surface area (Å²) in [5.74, 6) is 0.548. The molecule has 0 bridgehead atoms. The molecule has 1 saturated heterocycles. The van der Waals surface area contributed by atoms with Gasteiger partial charge in [-0.15, -0.1) is 11.8 Å². The molecule has 9 heteroatoms. The molecule has 1 fully saturated rings. The number of thioether (sulfide) groups is 1. The van der Waals surface area contributed by atoms with Gasteiger partial charge in [-0.25, -0.2) is 18.1 Å². The lowest BCUT2D eigenvalue weighted by molar-refractivity contribution is -0.255. The van der Waals surface area contributed by atoms with Gasteiger partial charge in [-0.3, -0.25) is 0 Å². The van der Waals surface area contributed by atoms with E-state index in [0.717, 1.165) is 32.8 Å². The van der Waals surface area contributed by atoms with Crippen molar-refractivity contribution in [3.63, 3.8) is 0 Å². The van der Waals surface area contributed by atoms with Crippen molar-refractivity contribution in [2.45, 2.75) is 47.5 Å². The maximum Gasteiger partial charge on any atom is 0.240 e. The summed E-state index contributed by atoms with van der Waals surface area (Å²) in [6, 6.07) is 40.0. The van der Waals surface area contributed by atoms with E-state index in [2.05, 4.69) is 21.8 Å². The first-order chi connectivity index (χ1) is 22.0. The van der Waals surface area contributed by atoms with E-state index in [-0.39, 0.29) is 36.2 Å². The normalized spacial score (nSPS) is 20.1. The third kappa shape index (κ3) is 7.70. The molecular formula is C36H34N2O5S2. The predicted molar refractivity (Wildman–Crippen MR) is 175 cm³/mol. The molecule has 6 rings (SSSR count). The van der Waals surface area contributed by atoms with Gasteiger partial charge in [-0.2, -0.15) is 0 Å². The van der Waals surface area contributed by atoms with Crippen LogP contribution in [0.4, 0.5) is 0 Å². The zero-order valence-corrected chi connectivity index (χ0v) is 26.1. The van der Waals surface area contributed by atoms with Crippen LogP contribution >= 0.6 is 11.8 Å². The van der Waals surface area contributed by atoms with E-state index in [0.29, 0.717) is 5.75 Å². The van der Waals surface area contributed by atoms with E-state index in [1.54, 1.807) is 48.3 Å². The van der Waals surface area contributed by atoms with E-state index in [4.69, 9.17) is 9.47 Å². The third-order valence-electron chi connectivity index (χ3n) is 7.78. The Morgan fingerprint density at radius 2 is 1.36 bits per heavy atom. The molecule has 45 heavy (non-hydrogen) atoms. The zero-order valence-electron chi connectivity index (χ0n) is 24.5. The molecule has 2 N–H and O–H groups in total. The Kier molecular flexibility index (Phi) is 10.0. The quantitative estimate of drug-likeness (QED) is 0.154. The average molecular weight is 639 g/mol. The Morgan fingerprint density at radius 3 is 2.02 bits per heavy atom. The number of nitrogens with one attached hydrogen (secondary N) is 1. The van der Waals surface area contributed by atoms with Crippen LogP contribution in [0.15, 0.2) is 144 Å². The lowest BCUT2D eigenvalue weighted by Gasteiger charge is -2.43. The number of aromatic nitrogens is 1. The molecule has 0 amide bonds. The van der Waals surface area contributed by atoms with Crippen LogP contribution in [-0.4, -0.2) is 30.4 Å². The summed E-state index contributed by atoms with van der Waals surface area (Å²) < 4.78 is 41.6. The Labute approximate surface area is 268 Å². The largest absolute Gasteiger partial charge is 0.392 e. The molecule has 1 aliphatic heterocycles. The number of sulfonamides is 1. The number of ether oxygens (including phenoxy) is 2. The standard InChI is InChI=1S/C36H34N2O5S2/c39-24-27-16-18-29(19-17-27)35-34(28-9-3-1-4-10-28)32(25-44-33-13-7-8-22-37-33)42-36(43-35)30-20-14-26(15-21-30)23-38-45(40,41)31-11-5-2-6-12-31/h1-22,32,34-36,38-39H,23-25H2/t32-,34-,35+,36?/m1/s1. The molecule has 1 aromatic heterocycles. The summed E-state index contributed by atoms with van der Waals surface area (Å²) in [6.45, 7) is 0.125. The minimum absolute atomic E-state index is 0.0309. The average Bonchev–Trinajstić information content (AvgIpc) is 3.11. The number of nitrogens with zero attached hydrogens (tertiary/aromatic N) is 1. The fraction of sp³-hybridized carbons (Fsp3) is 0.194.